The van der Waals surface area contributed by atoms with Gasteiger partial charge in [0.25, 0.3) is 0 Å². The number of amides is 2. The molecule has 2 N–H and O–H groups in total. The second kappa shape index (κ2) is 8.90. The minimum absolute atomic E-state index is 0.0345. The van der Waals surface area contributed by atoms with Crippen molar-refractivity contribution >= 4 is 12.0 Å². The first-order valence-electron chi connectivity index (χ1n) is 7.81. The number of carbonyl (C=O) groups excluding carboxylic acids is 1. The van der Waals surface area contributed by atoms with Gasteiger partial charge in [-0.3, -0.25) is 4.79 Å². The summed E-state index contributed by atoms with van der Waals surface area (Å²) in [5.41, 5.74) is -0.0770. The second-order valence-electron chi connectivity index (χ2n) is 7.18. The third kappa shape index (κ3) is 9.32. The SMILES string of the molecule is CC(C)CN(C(=O)NCCC(C)(C)CCC(=O)O)C(C)C. The van der Waals surface area contributed by atoms with E-state index < -0.39 is 5.97 Å². The zero-order chi connectivity index (χ0) is 16.6. The van der Waals surface area contributed by atoms with Crippen LogP contribution in [-0.2, 0) is 4.79 Å². The van der Waals surface area contributed by atoms with E-state index in [2.05, 4.69) is 19.2 Å². The van der Waals surface area contributed by atoms with Crippen LogP contribution in [0.3, 0.4) is 0 Å². The molecule has 5 nitrogen and oxygen atoms in total. The van der Waals surface area contributed by atoms with Gasteiger partial charge in [0.1, 0.15) is 0 Å². The molecule has 0 radical (unpaired) electrons. The third-order valence-electron chi connectivity index (χ3n) is 3.54. The van der Waals surface area contributed by atoms with Gasteiger partial charge in [-0.2, -0.15) is 0 Å². The summed E-state index contributed by atoms with van der Waals surface area (Å²) in [5, 5.41) is 11.7. The van der Waals surface area contributed by atoms with Gasteiger partial charge in [0.2, 0.25) is 0 Å². The lowest BCUT2D eigenvalue weighted by molar-refractivity contribution is -0.137. The van der Waals surface area contributed by atoms with Crippen molar-refractivity contribution in [2.75, 3.05) is 13.1 Å². The van der Waals surface area contributed by atoms with Gasteiger partial charge in [-0.1, -0.05) is 27.7 Å². The Morgan fingerprint density at radius 1 is 1.14 bits per heavy atom. The summed E-state index contributed by atoms with van der Waals surface area (Å²) < 4.78 is 0. The van der Waals surface area contributed by atoms with Crippen LogP contribution in [0.15, 0.2) is 0 Å². The maximum Gasteiger partial charge on any atom is 0.317 e. The maximum atomic E-state index is 12.2. The number of nitrogens with one attached hydrogen (secondary N) is 1. The molecular weight excluding hydrogens is 268 g/mol. The lowest BCUT2D eigenvalue weighted by atomic mass is 9.84. The number of aliphatic carboxylic acids is 1. The van der Waals surface area contributed by atoms with Crippen molar-refractivity contribution in [2.24, 2.45) is 11.3 Å². The molecule has 0 rings (SSSR count). The van der Waals surface area contributed by atoms with Crippen molar-refractivity contribution in [3.8, 4) is 0 Å². The molecule has 124 valence electrons. The standard InChI is InChI=1S/C16H32N2O3/c1-12(2)11-18(13(3)4)15(21)17-10-9-16(5,6)8-7-14(19)20/h12-13H,7-11H2,1-6H3,(H,17,21)(H,19,20). The van der Waals surface area contributed by atoms with E-state index in [0.717, 1.165) is 13.0 Å². The van der Waals surface area contributed by atoms with Crippen LogP contribution in [0.4, 0.5) is 4.79 Å². The molecule has 0 aliphatic carbocycles. The molecule has 21 heavy (non-hydrogen) atoms. The number of hydrogen-bond donors (Lipinski definition) is 2. The molecule has 5 heteroatoms. The summed E-state index contributed by atoms with van der Waals surface area (Å²) in [6.45, 7) is 13.6. The Bertz CT molecular complexity index is 338. The predicted molar refractivity (Wildman–Crippen MR) is 85.3 cm³/mol. The highest BCUT2D eigenvalue weighted by Crippen LogP contribution is 2.26. The monoisotopic (exact) mass is 300 g/mol. The minimum atomic E-state index is -0.768. The molecule has 0 bridgehead atoms. The van der Waals surface area contributed by atoms with Gasteiger partial charge in [-0.05, 0) is 38.0 Å². The highest BCUT2D eigenvalue weighted by atomic mass is 16.4. The van der Waals surface area contributed by atoms with Crippen molar-refractivity contribution in [1.82, 2.24) is 10.2 Å². The number of hydrogen-bond acceptors (Lipinski definition) is 2. The third-order valence-corrected chi connectivity index (χ3v) is 3.54. The topological polar surface area (TPSA) is 69.6 Å². The van der Waals surface area contributed by atoms with Crippen LogP contribution in [0.25, 0.3) is 0 Å². The van der Waals surface area contributed by atoms with Gasteiger partial charge in [0.15, 0.2) is 0 Å². The molecule has 0 saturated heterocycles. The van der Waals surface area contributed by atoms with Crippen molar-refractivity contribution in [2.45, 2.75) is 66.8 Å². The minimum Gasteiger partial charge on any atom is -0.481 e. The Morgan fingerprint density at radius 3 is 2.14 bits per heavy atom. The van der Waals surface area contributed by atoms with Gasteiger partial charge in [-0.25, -0.2) is 4.79 Å². The van der Waals surface area contributed by atoms with Gasteiger partial charge in [-0.15, -0.1) is 0 Å². The lowest BCUT2D eigenvalue weighted by Gasteiger charge is -2.30. The van der Waals surface area contributed by atoms with Gasteiger partial charge >= 0.3 is 12.0 Å². The number of urea groups is 1. The molecule has 0 fully saturated rings. The Kier molecular flexibility index (Phi) is 8.37. The molecule has 0 atom stereocenters. The quantitative estimate of drug-likeness (QED) is 0.686. The van der Waals surface area contributed by atoms with E-state index in [4.69, 9.17) is 5.11 Å². The highest BCUT2D eigenvalue weighted by Gasteiger charge is 2.21. The fourth-order valence-corrected chi connectivity index (χ4v) is 2.10. The van der Waals surface area contributed by atoms with Crippen molar-refractivity contribution in [1.29, 1.82) is 0 Å². The summed E-state index contributed by atoms with van der Waals surface area (Å²) in [4.78, 5) is 24.7. The van der Waals surface area contributed by atoms with E-state index in [1.54, 1.807) is 0 Å². The second-order valence-corrected chi connectivity index (χ2v) is 7.18. The molecule has 0 aromatic heterocycles. The molecule has 0 aromatic rings. The molecule has 0 saturated carbocycles. The molecule has 0 aliphatic rings. The van der Waals surface area contributed by atoms with Crippen molar-refractivity contribution in [3.05, 3.63) is 0 Å². The molecular formula is C16H32N2O3. The first kappa shape index (κ1) is 19.7. The number of nitrogens with zero attached hydrogens (tertiary/aromatic N) is 1. The summed E-state index contributed by atoms with van der Waals surface area (Å²) in [7, 11) is 0. The van der Waals surface area contributed by atoms with Gasteiger partial charge in [0.05, 0.1) is 0 Å². The molecule has 0 aliphatic heterocycles. The number of carboxylic acid groups (broad SMARTS) is 1. The number of rotatable bonds is 9. The largest absolute Gasteiger partial charge is 0.481 e. The maximum absolute atomic E-state index is 12.2. The fourth-order valence-electron chi connectivity index (χ4n) is 2.10. The van der Waals surface area contributed by atoms with E-state index in [1.165, 1.54) is 0 Å². The fraction of sp³-hybridized carbons (Fsp3) is 0.875. The van der Waals surface area contributed by atoms with Crippen LogP contribution in [-0.4, -0.2) is 41.1 Å². The first-order valence-corrected chi connectivity index (χ1v) is 7.81. The van der Waals surface area contributed by atoms with E-state index >= 15 is 0 Å². The molecule has 0 heterocycles. The smallest absolute Gasteiger partial charge is 0.317 e. The zero-order valence-corrected chi connectivity index (χ0v) is 14.4. The number of carbonyl (C=O) groups is 2. The van der Waals surface area contributed by atoms with Gasteiger partial charge < -0.3 is 15.3 Å². The van der Waals surface area contributed by atoms with E-state index in [-0.39, 0.29) is 23.9 Å². The summed E-state index contributed by atoms with van der Waals surface area (Å²) in [6.07, 6.45) is 1.57. The van der Waals surface area contributed by atoms with E-state index in [0.29, 0.717) is 18.9 Å². The molecule has 0 spiro atoms. The van der Waals surface area contributed by atoms with Gasteiger partial charge in [0, 0.05) is 25.6 Å². The Morgan fingerprint density at radius 2 is 1.71 bits per heavy atom. The van der Waals surface area contributed by atoms with Crippen molar-refractivity contribution < 1.29 is 14.7 Å². The highest BCUT2D eigenvalue weighted by molar-refractivity contribution is 5.74. The van der Waals surface area contributed by atoms with Crippen LogP contribution in [0.5, 0.6) is 0 Å². The van der Waals surface area contributed by atoms with Crippen LogP contribution in [0, 0.1) is 11.3 Å². The molecule has 0 aromatic carbocycles. The average molecular weight is 300 g/mol. The lowest BCUT2D eigenvalue weighted by Crippen LogP contribution is -2.46. The average Bonchev–Trinajstić information content (AvgIpc) is 2.32. The first-order chi connectivity index (χ1) is 9.55. The summed E-state index contributed by atoms with van der Waals surface area (Å²) in [5.74, 6) is -0.333. The summed E-state index contributed by atoms with van der Waals surface area (Å²) >= 11 is 0. The molecule has 2 amide bonds. The molecule has 0 unspecified atom stereocenters. The Balaban J connectivity index is 4.24. The van der Waals surface area contributed by atoms with E-state index in [1.807, 2.05) is 32.6 Å². The summed E-state index contributed by atoms with van der Waals surface area (Å²) in [6, 6.07) is 0.139. The van der Waals surface area contributed by atoms with Crippen LogP contribution in [0.2, 0.25) is 0 Å². The number of carboxylic acids is 1. The normalized spacial score (nSPS) is 11.8. The van der Waals surface area contributed by atoms with Crippen LogP contribution < -0.4 is 5.32 Å². The van der Waals surface area contributed by atoms with Crippen molar-refractivity contribution in [3.63, 3.8) is 0 Å². The van der Waals surface area contributed by atoms with Crippen LogP contribution in [0.1, 0.15) is 60.8 Å². The Hall–Kier alpha value is -1.26. The Labute approximate surface area is 129 Å². The predicted octanol–water partition coefficient (Wildman–Crippen LogP) is 3.34. The van der Waals surface area contributed by atoms with E-state index in [9.17, 15) is 9.59 Å². The zero-order valence-electron chi connectivity index (χ0n) is 14.4. The van der Waals surface area contributed by atoms with Crippen LogP contribution >= 0.6 is 0 Å².